The van der Waals surface area contributed by atoms with E-state index in [2.05, 4.69) is 155 Å². The molecule has 0 aliphatic heterocycles. The molecule has 8 rings (SSSR count). The summed E-state index contributed by atoms with van der Waals surface area (Å²) in [6, 6.07) is 50.9. The predicted octanol–water partition coefficient (Wildman–Crippen LogP) is 11.7. The number of nitrogens with zero attached hydrogens (tertiary/aromatic N) is 4. The molecule has 0 saturated carbocycles. The van der Waals surface area contributed by atoms with Crippen molar-refractivity contribution in [1.29, 1.82) is 0 Å². The Bertz CT molecular complexity index is 2520. The van der Waals surface area contributed by atoms with Crippen molar-refractivity contribution in [3.05, 3.63) is 157 Å². The molecule has 6 heteroatoms. The van der Waals surface area contributed by atoms with Crippen LogP contribution < -0.4 is 4.74 Å². The molecule has 0 spiro atoms. The average molecular weight is 860 g/mol. The molecule has 5 nitrogen and oxygen atoms in total. The van der Waals surface area contributed by atoms with E-state index in [-0.39, 0.29) is 31.9 Å². The van der Waals surface area contributed by atoms with Crippen LogP contribution in [-0.4, -0.2) is 19.3 Å². The first-order valence-electron chi connectivity index (χ1n) is 17.4. The maximum atomic E-state index is 6.56. The minimum Gasteiger partial charge on any atom is -0.509 e. The van der Waals surface area contributed by atoms with Crippen LogP contribution in [0.2, 0.25) is 0 Å². The molecule has 52 heavy (non-hydrogen) atoms. The number of benzene rings is 5. The molecule has 0 aliphatic carbocycles. The molecule has 0 atom stereocenters. The van der Waals surface area contributed by atoms with Gasteiger partial charge in [-0.1, -0.05) is 126 Å². The minimum atomic E-state index is -0.210. The second-order valence-electron chi connectivity index (χ2n) is 15.1. The minimum absolute atomic E-state index is 0. The number of hydrogen-bond acceptors (Lipinski definition) is 3. The molecule has 3 heterocycles. The average Bonchev–Trinajstić information content (AvgIpc) is 3.70. The van der Waals surface area contributed by atoms with E-state index in [1.807, 2.05) is 41.2 Å². The first-order chi connectivity index (χ1) is 24.6. The Balaban J connectivity index is 0.00000420. The maximum absolute atomic E-state index is 6.56. The van der Waals surface area contributed by atoms with Crippen LogP contribution in [0.5, 0.6) is 11.5 Å². The van der Waals surface area contributed by atoms with E-state index in [9.17, 15) is 0 Å². The van der Waals surface area contributed by atoms with Crippen LogP contribution in [0.25, 0.3) is 55.7 Å². The van der Waals surface area contributed by atoms with Gasteiger partial charge in [-0.3, -0.25) is 4.68 Å². The van der Waals surface area contributed by atoms with Crippen molar-refractivity contribution in [3.8, 4) is 45.4 Å². The van der Waals surface area contributed by atoms with Gasteiger partial charge in [0.25, 0.3) is 0 Å². The van der Waals surface area contributed by atoms with Gasteiger partial charge in [-0.05, 0) is 45.8 Å². The molecule has 5 aromatic carbocycles. The van der Waals surface area contributed by atoms with Gasteiger partial charge >= 0.3 is 21.1 Å². The zero-order valence-electron chi connectivity index (χ0n) is 30.2. The Morgan fingerprint density at radius 1 is 0.615 bits per heavy atom. The van der Waals surface area contributed by atoms with E-state index in [0.29, 0.717) is 11.5 Å². The van der Waals surface area contributed by atoms with Crippen LogP contribution in [-0.2, 0) is 31.9 Å². The Morgan fingerprint density at radius 2 is 1.29 bits per heavy atom. The standard InChI is InChI=1S/C46H40N4O.Pt/c1-45(2,3)33-26-27-47-41(28-33)49-39-23-14-13-22-37(39)38-25-24-36(30-40(38)49)51-35-21-15-20-34(29-35)50-43(32-18-11-8-12-19-32)42(31-16-9-7-10-17-31)44(48-50)46(4,5)6;/h7-28H,1-6H3;/q-2;+2. The van der Waals surface area contributed by atoms with Gasteiger partial charge in [-0.15, -0.1) is 35.7 Å². The summed E-state index contributed by atoms with van der Waals surface area (Å²) in [5.41, 5.74) is 9.12. The van der Waals surface area contributed by atoms with Gasteiger partial charge in [0, 0.05) is 39.8 Å². The van der Waals surface area contributed by atoms with Crippen LogP contribution in [0.4, 0.5) is 0 Å². The topological polar surface area (TPSA) is 44.9 Å². The second-order valence-corrected chi connectivity index (χ2v) is 15.1. The molecule has 260 valence electrons. The Hall–Kier alpha value is -5.25. The van der Waals surface area contributed by atoms with Crippen LogP contribution in [0.1, 0.15) is 52.8 Å². The summed E-state index contributed by atoms with van der Waals surface area (Å²) in [4.78, 5) is 4.82. The molecule has 0 aliphatic rings. The fourth-order valence-electron chi connectivity index (χ4n) is 6.77. The molecule has 0 N–H and O–H groups in total. The molecule has 0 unspecified atom stereocenters. The van der Waals surface area contributed by atoms with Crippen molar-refractivity contribution in [2.24, 2.45) is 0 Å². The van der Waals surface area contributed by atoms with Crippen molar-refractivity contribution < 1.29 is 25.8 Å². The molecule has 0 saturated heterocycles. The first-order valence-corrected chi connectivity index (χ1v) is 17.4. The zero-order chi connectivity index (χ0) is 35.3. The van der Waals surface area contributed by atoms with Crippen LogP contribution in [0, 0.1) is 12.1 Å². The van der Waals surface area contributed by atoms with Gasteiger partial charge in [-0.25, -0.2) is 4.98 Å². The molecule has 3 aromatic heterocycles. The van der Waals surface area contributed by atoms with E-state index < -0.39 is 0 Å². The monoisotopic (exact) mass is 859 g/mol. The maximum Gasteiger partial charge on any atom is 2.00 e. The third-order valence-electron chi connectivity index (χ3n) is 9.30. The summed E-state index contributed by atoms with van der Waals surface area (Å²) in [5.74, 6) is 2.02. The van der Waals surface area contributed by atoms with Crippen LogP contribution >= 0.6 is 0 Å². The summed E-state index contributed by atoms with van der Waals surface area (Å²) in [6.07, 6.45) is 1.89. The van der Waals surface area contributed by atoms with Crippen molar-refractivity contribution >= 4 is 21.8 Å². The number of para-hydroxylation sites is 1. The van der Waals surface area contributed by atoms with E-state index >= 15 is 0 Å². The third kappa shape index (κ3) is 6.50. The summed E-state index contributed by atoms with van der Waals surface area (Å²) in [7, 11) is 0. The quantitative estimate of drug-likeness (QED) is 0.157. The van der Waals surface area contributed by atoms with Crippen molar-refractivity contribution in [1.82, 2.24) is 19.3 Å². The van der Waals surface area contributed by atoms with Crippen LogP contribution in [0.3, 0.4) is 0 Å². The second kappa shape index (κ2) is 13.7. The summed E-state index contributed by atoms with van der Waals surface area (Å²) in [5, 5.41) is 7.53. The first kappa shape index (κ1) is 35.2. The van der Waals surface area contributed by atoms with Crippen LogP contribution in [0.15, 0.2) is 134 Å². The van der Waals surface area contributed by atoms with Crippen molar-refractivity contribution in [2.45, 2.75) is 52.4 Å². The summed E-state index contributed by atoms with van der Waals surface area (Å²) < 4.78 is 10.8. The number of hydrogen-bond donors (Lipinski definition) is 0. The van der Waals surface area contributed by atoms with E-state index in [1.165, 1.54) is 5.56 Å². The van der Waals surface area contributed by atoms with Gasteiger partial charge in [0.1, 0.15) is 5.82 Å². The largest absolute Gasteiger partial charge is 2.00 e. The number of ether oxygens (including phenoxy) is 1. The Morgan fingerprint density at radius 3 is 2.00 bits per heavy atom. The summed E-state index contributed by atoms with van der Waals surface area (Å²) >= 11 is 0. The molecular formula is C46H40N4OPt. The predicted molar refractivity (Wildman–Crippen MR) is 208 cm³/mol. The number of fused-ring (bicyclic) bond motifs is 3. The fraction of sp³-hybridized carbons (Fsp3) is 0.174. The van der Waals surface area contributed by atoms with Gasteiger partial charge in [0.05, 0.1) is 11.4 Å². The molecular weight excluding hydrogens is 820 g/mol. The van der Waals surface area contributed by atoms with Crippen molar-refractivity contribution in [3.63, 3.8) is 0 Å². The van der Waals surface area contributed by atoms with E-state index in [1.54, 1.807) is 0 Å². The molecule has 0 radical (unpaired) electrons. The molecule has 0 amide bonds. The van der Waals surface area contributed by atoms with E-state index in [4.69, 9.17) is 14.8 Å². The summed E-state index contributed by atoms with van der Waals surface area (Å²) in [6.45, 7) is 13.3. The SMILES string of the molecule is CC(C)(C)c1ccnc(-n2c3[c-]c(Oc4[c-]c(-n5nc(C(C)(C)C)c(-c6ccccc6)c5-c5ccccc5)ccc4)ccc3c3ccccc32)c1.[Pt+2]. The normalized spacial score (nSPS) is 11.9. The Kier molecular flexibility index (Phi) is 9.27. The zero-order valence-corrected chi connectivity index (χ0v) is 32.5. The van der Waals surface area contributed by atoms with Gasteiger partial charge in [-0.2, -0.15) is 17.2 Å². The number of aromatic nitrogens is 4. The number of pyridine rings is 1. The molecule has 8 aromatic rings. The van der Waals surface area contributed by atoms with Gasteiger partial charge in [0.15, 0.2) is 0 Å². The molecule has 0 bridgehead atoms. The fourth-order valence-corrected chi connectivity index (χ4v) is 6.77. The van der Waals surface area contributed by atoms with Crippen molar-refractivity contribution in [2.75, 3.05) is 0 Å². The molecule has 0 fully saturated rings. The number of rotatable bonds is 6. The van der Waals surface area contributed by atoms with Gasteiger partial charge < -0.3 is 9.30 Å². The third-order valence-corrected chi connectivity index (χ3v) is 9.30. The Labute approximate surface area is 320 Å². The van der Waals surface area contributed by atoms with E-state index in [0.717, 1.165) is 61.4 Å². The smallest absolute Gasteiger partial charge is 0.509 e. The van der Waals surface area contributed by atoms with Gasteiger partial charge in [0.2, 0.25) is 0 Å².